The van der Waals surface area contributed by atoms with Gasteiger partial charge in [0.25, 0.3) is 5.89 Å². The number of aliphatic hydroxyl groups is 1. The highest BCUT2D eigenvalue weighted by atomic mass is 16.5. The zero-order valence-electron chi connectivity index (χ0n) is 11.5. The molecule has 1 unspecified atom stereocenters. The van der Waals surface area contributed by atoms with E-state index in [0.29, 0.717) is 12.4 Å². The summed E-state index contributed by atoms with van der Waals surface area (Å²) in [7, 11) is 0. The second-order valence-corrected chi connectivity index (χ2v) is 5.06. The van der Waals surface area contributed by atoms with Crippen LogP contribution >= 0.6 is 0 Å². The standard InChI is InChI=1S/C14H18N4O2/c1-2-3-12-16-14(20-17-12)10-4-6-15-13(8-10)18-7-5-11(19)9-18/h4,6,8,11,19H,2-3,5,7,9H2,1H3. The lowest BCUT2D eigenvalue weighted by atomic mass is 10.2. The quantitative estimate of drug-likeness (QED) is 0.913. The van der Waals surface area contributed by atoms with Crippen LogP contribution in [0.1, 0.15) is 25.6 Å². The molecular weight excluding hydrogens is 256 g/mol. The normalized spacial score (nSPS) is 18.7. The number of rotatable bonds is 4. The topological polar surface area (TPSA) is 75.3 Å². The SMILES string of the molecule is CCCc1noc(-c2ccnc(N3CCC(O)C3)c2)n1. The van der Waals surface area contributed by atoms with Crippen LogP contribution in [0.4, 0.5) is 5.82 Å². The maximum Gasteiger partial charge on any atom is 0.258 e. The summed E-state index contributed by atoms with van der Waals surface area (Å²) < 4.78 is 5.29. The third-order valence-corrected chi connectivity index (χ3v) is 3.42. The summed E-state index contributed by atoms with van der Waals surface area (Å²) in [5.74, 6) is 2.10. The maximum absolute atomic E-state index is 9.60. The first-order valence-electron chi connectivity index (χ1n) is 6.98. The molecule has 6 heteroatoms. The van der Waals surface area contributed by atoms with E-state index in [1.54, 1.807) is 6.20 Å². The van der Waals surface area contributed by atoms with Crippen LogP contribution in [0, 0.1) is 0 Å². The van der Waals surface area contributed by atoms with Crippen molar-refractivity contribution < 1.29 is 9.63 Å². The number of aliphatic hydroxyl groups excluding tert-OH is 1. The van der Waals surface area contributed by atoms with E-state index in [1.807, 2.05) is 12.1 Å². The molecular formula is C14H18N4O2. The lowest BCUT2D eigenvalue weighted by molar-refractivity contribution is 0.198. The molecule has 1 N–H and O–H groups in total. The van der Waals surface area contributed by atoms with Crippen LogP contribution in [0.15, 0.2) is 22.9 Å². The molecule has 1 atom stereocenters. The molecule has 106 valence electrons. The first-order chi connectivity index (χ1) is 9.76. The van der Waals surface area contributed by atoms with Gasteiger partial charge in [0.05, 0.1) is 6.10 Å². The molecule has 2 aromatic heterocycles. The van der Waals surface area contributed by atoms with E-state index in [9.17, 15) is 5.11 Å². The Morgan fingerprint density at radius 3 is 3.15 bits per heavy atom. The molecule has 3 heterocycles. The molecule has 1 fully saturated rings. The Morgan fingerprint density at radius 2 is 2.40 bits per heavy atom. The predicted molar refractivity (Wildman–Crippen MR) is 74.4 cm³/mol. The third kappa shape index (κ3) is 2.65. The number of pyridine rings is 1. The largest absolute Gasteiger partial charge is 0.391 e. The van der Waals surface area contributed by atoms with Gasteiger partial charge >= 0.3 is 0 Å². The van der Waals surface area contributed by atoms with Crippen molar-refractivity contribution in [2.75, 3.05) is 18.0 Å². The summed E-state index contributed by atoms with van der Waals surface area (Å²) in [6.45, 7) is 3.53. The Kier molecular flexibility index (Phi) is 3.64. The van der Waals surface area contributed by atoms with Gasteiger partial charge in [-0.3, -0.25) is 0 Å². The molecule has 1 aliphatic heterocycles. The fourth-order valence-corrected chi connectivity index (χ4v) is 2.37. The first kappa shape index (κ1) is 13.1. The van der Waals surface area contributed by atoms with Crippen molar-refractivity contribution in [2.24, 2.45) is 0 Å². The zero-order chi connectivity index (χ0) is 13.9. The van der Waals surface area contributed by atoms with E-state index in [-0.39, 0.29) is 6.10 Å². The number of hydrogen-bond donors (Lipinski definition) is 1. The molecule has 1 saturated heterocycles. The van der Waals surface area contributed by atoms with Crippen molar-refractivity contribution in [3.63, 3.8) is 0 Å². The summed E-state index contributed by atoms with van der Waals surface area (Å²) in [4.78, 5) is 10.8. The van der Waals surface area contributed by atoms with Gasteiger partial charge in [0.15, 0.2) is 5.82 Å². The molecule has 3 rings (SSSR count). The Balaban J connectivity index is 1.83. The molecule has 0 saturated carbocycles. The number of β-amino-alcohol motifs (C(OH)–C–C–N with tert-alkyl or cyclic N) is 1. The second-order valence-electron chi connectivity index (χ2n) is 5.06. The van der Waals surface area contributed by atoms with Crippen LogP contribution in [0.2, 0.25) is 0 Å². The van der Waals surface area contributed by atoms with Crippen LogP contribution in [-0.2, 0) is 6.42 Å². The molecule has 0 aliphatic carbocycles. The predicted octanol–water partition coefficient (Wildman–Crippen LogP) is 1.66. The van der Waals surface area contributed by atoms with E-state index in [0.717, 1.165) is 43.0 Å². The molecule has 0 radical (unpaired) electrons. The van der Waals surface area contributed by atoms with Crippen LogP contribution < -0.4 is 4.90 Å². The van der Waals surface area contributed by atoms with Crippen molar-refractivity contribution in [3.05, 3.63) is 24.2 Å². The van der Waals surface area contributed by atoms with Crippen LogP contribution in [0.5, 0.6) is 0 Å². The minimum Gasteiger partial charge on any atom is -0.391 e. The van der Waals surface area contributed by atoms with Gasteiger partial charge < -0.3 is 14.5 Å². The van der Waals surface area contributed by atoms with E-state index >= 15 is 0 Å². The summed E-state index contributed by atoms with van der Waals surface area (Å²) in [6, 6.07) is 3.79. The second kappa shape index (κ2) is 5.58. The molecule has 20 heavy (non-hydrogen) atoms. The fourth-order valence-electron chi connectivity index (χ4n) is 2.37. The van der Waals surface area contributed by atoms with Gasteiger partial charge in [-0.25, -0.2) is 4.98 Å². The van der Waals surface area contributed by atoms with Gasteiger partial charge in [-0.2, -0.15) is 4.98 Å². The summed E-state index contributed by atoms with van der Waals surface area (Å²) >= 11 is 0. The fraction of sp³-hybridized carbons (Fsp3) is 0.500. The van der Waals surface area contributed by atoms with Gasteiger partial charge in [0, 0.05) is 31.3 Å². The van der Waals surface area contributed by atoms with Crippen molar-refractivity contribution >= 4 is 5.82 Å². The average Bonchev–Trinajstić information content (AvgIpc) is 3.09. The molecule has 0 amide bonds. The van der Waals surface area contributed by atoms with E-state index < -0.39 is 0 Å². The average molecular weight is 274 g/mol. The Bertz CT molecular complexity index is 584. The number of aryl methyl sites for hydroxylation is 1. The molecule has 0 spiro atoms. The number of hydrogen-bond acceptors (Lipinski definition) is 6. The Morgan fingerprint density at radius 1 is 1.50 bits per heavy atom. The molecule has 6 nitrogen and oxygen atoms in total. The van der Waals surface area contributed by atoms with Crippen molar-refractivity contribution in [3.8, 4) is 11.5 Å². The smallest absolute Gasteiger partial charge is 0.258 e. The number of anilines is 1. The number of aromatic nitrogens is 3. The summed E-state index contributed by atoms with van der Waals surface area (Å²) in [5, 5.41) is 13.6. The molecule has 1 aliphatic rings. The van der Waals surface area contributed by atoms with Crippen molar-refractivity contribution in [1.29, 1.82) is 0 Å². The Labute approximate surface area is 117 Å². The monoisotopic (exact) mass is 274 g/mol. The minimum absolute atomic E-state index is 0.264. The zero-order valence-corrected chi connectivity index (χ0v) is 11.5. The van der Waals surface area contributed by atoms with Gasteiger partial charge in [-0.15, -0.1) is 0 Å². The van der Waals surface area contributed by atoms with Gasteiger partial charge in [0.1, 0.15) is 5.82 Å². The highest BCUT2D eigenvalue weighted by Crippen LogP contribution is 2.24. The van der Waals surface area contributed by atoms with Gasteiger partial charge in [0.2, 0.25) is 0 Å². The lowest BCUT2D eigenvalue weighted by Crippen LogP contribution is -2.22. The summed E-state index contributed by atoms with van der Waals surface area (Å²) in [6.07, 6.45) is 4.07. The minimum atomic E-state index is -0.264. The van der Waals surface area contributed by atoms with Gasteiger partial charge in [-0.1, -0.05) is 12.1 Å². The maximum atomic E-state index is 9.60. The third-order valence-electron chi connectivity index (χ3n) is 3.42. The molecule has 0 aromatic carbocycles. The van der Waals surface area contributed by atoms with Crippen LogP contribution in [-0.4, -0.2) is 39.4 Å². The van der Waals surface area contributed by atoms with E-state index in [2.05, 4.69) is 26.9 Å². The molecule has 2 aromatic rings. The first-order valence-corrected chi connectivity index (χ1v) is 6.98. The molecule has 0 bridgehead atoms. The van der Waals surface area contributed by atoms with Crippen LogP contribution in [0.25, 0.3) is 11.5 Å². The highest BCUT2D eigenvalue weighted by Gasteiger charge is 2.22. The van der Waals surface area contributed by atoms with Crippen LogP contribution in [0.3, 0.4) is 0 Å². The number of nitrogens with zero attached hydrogens (tertiary/aromatic N) is 4. The summed E-state index contributed by atoms with van der Waals surface area (Å²) in [5.41, 5.74) is 0.867. The van der Waals surface area contributed by atoms with Crippen molar-refractivity contribution in [2.45, 2.75) is 32.3 Å². The highest BCUT2D eigenvalue weighted by molar-refractivity contribution is 5.58. The van der Waals surface area contributed by atoms with Gasteiger partial charge in [-0.05, 0) is 25.0 Å². The van der Waals surface area contributed by atoms with E-state index in [1.165, 1.54) is 0 Å². The van der Waals surface area contributed by atoms with E-state index in [4.69, 9.17) is 4.52 Å². The van der Waals surface area contributed by atoms with Crippen molar-refractivity contribution in [1.82, 2.24) is 15.1 Å². The lowest BCUT2D eigenvalue weighted by Gasteiger charge is -2.16. The Hall–Kier alpha value is -1.95.